The summed E-state index contributed by atoms with van der Waals surface area (Å²) < 4.78 is 5.06. The lowest BCUT2D eigenvalue weighted by atomic mass is 10.0. The largest absolute Gasteiger partial charge is 0.472 e. The minimum Gasteiger partial charge on any atom is -0.472 e. The molecule has 1 aliphatic heterocycles. The molecule has 0 atom stereocenters. The molecule has 1 saturated heterocycles. The summed E-state index contributed by atoms with van der Waals surface area (Å²) in [5, 5.41) is 6.17. The Kier molecular flexibility index (Phi) is 4.36. The topological polar surface area (TPSA) is 58.4 Å². The molecule has 6 heteroatoms. The van der Waals surface area contributed by atoms with Gasteiger partial charge in [-0.3, -0.25) is 4.79 Å². The number of nitrogens with one attached hydrogen (secondary N) is 1. The van der Waals surface area contributed by atoms with Crippen LogP contribution < -0.4 is 5.32 Å². The normalized spacial score (nSPS) is 16.0. The molecule has 1 aliphatic rings. The summed E-state index contributed by atoms with van der Waals surface area (Å²) in [6.45, 7) is 1.98. The fourth-order valence-corrected chi connectivity index (χ4v) is 3.39. The molecule has 1 amide bonds. The summed E-state index contributed by atoms with van der Waals surface area (Å²) in [5.74, 6) is 0.144. The lowest BCUT2D eigenvalue weighted by molar-refractivity contribution is -0.131. The van der Waals surface area contributed by atoms with Gasteiger partial charge in [0.15, 0.2) is 0 Å². The molecular weight excluding hydrogens is 286 g/mol. The van der Waals surface area contributed by atoms with Crippen LogP contribution in [0.5, 0.6) is 0 Å². The van der Waals surface area contributed by atoms with Gasteiger partial charge in [0, 0.05) is 24.0 Å². The second-order valence-electron chi connectivity index (χ2n) is 5.32. The first-order valence-electron chi connectivity index (χ1n) is 7.17. The van der Waals surface area contributed by atoms with E-state index in [2.05, 4.69) is 10.3 Å². The van der Waals surface area contributed by atoms with Crippen LogP contribution in [0, 0.1) is 0 Å². The average Bonchev–Trinajstić information content (AvgIpc) is 3.18. The molecule has 0 saturated carbocycles. The molecule has 5 nitrogen and oxygen atoms in total. The smallest absolute Gasteiger partial charge is 0.228 e. The maximum absolute atomic E-state index is 12.4. The van der Waals surface area contributed by atoms with Gasteiger partial charge in [0.25, 0.3) is 0 Å². The van der Waals surface area contributed by atoms with Crippen LogP contribution in [0.25, 0.3) is 10.6 Å². The van der Waals surface area contributed by atoms with Gasteiger partial charge in [0.1, 0.15) is 11.3 Å². The first kappa shape index (κ1) is 14.3. The Labute approximate surface area is 128 Å². The predicted octanol–water partition coefficient (Wildman–Crippen LogP) is 2.16. The lowest BCUT2D eigenvalue weighted by Gasteiger charge is -2.31. The van der Waals surface area contributed by atoms with Crippen LogP contribution in [-0.4, -0.2) is 42.0 Å². The Hall–Kier alpha value is -1.66. The van der Waals surface area contributed by atoms with Gasteiger partial charge in [-0.1, -0.05) is 0 Å². The molecule has 0 bridgehead atoms. The Morgan fingerprint density at radius 1 is 1.52 bits per heavy atom. The number of amides is 1. The number of thiazole rings is 1. The molecule has 0 aliphatic carbocycles. The third-order valence-corrected chi connectivity index (χ3v) is 4.84. The van der Waals surface area contributed by atoms with Crippen LogP contribution in [0.1, 0.15) is 18.5 Å². The van der Waals surface area contributed by atoms with Crippen LogP contribution in [0.3, 0.4) is 0 Å². The number of carbonyl (C=O) groups is 1. The predicted molar refractivity (Wildman–Crippen MR) is 82.2 cm³/mol. The molecule has 3 rings (SSSR count). The first-order valence-corrected chi connectivity index (χ1v) is 8.05. The van der Waals surface area contributed by atoms with E-state index in [9.17, 15) is 4.79 Å². The third-order valence-electron chi connectivity index (χ3n) is 3.90. The number of piperidine rings is 1. The van der Waals surface area contributed by atoms with Gasteiger partial charge in [-0.05, 0) is 32.0 Å². The number of aromatic nitrogens is 1. The zero-order valence-corrected chi connectivity index (χ0v) is 12.9. The zero-order chi connectivity index (χ0) is 14.7. The van der Waals surface area contributed by atoms with Crippen molar-refractivity contribution >= 4 is 17.2 Å². The van der Waals surface area contributed by atoms with Gasteiger partial charge in [-0.2, -0.15) is 0 Å². The Morgan fingerprint density at radius 2 is 2.33 bits per heavy atom. The fourth-order valence-electron chi connectivity index (χ4n) is 2.58. The highest BCUT2D eigenvalue weighted by Crippen LogP contribution is 2.24. The molecule has 112 valence electrons. The number of carbonyl (C=O) groups excluding carboxylic acids is 1. The third kappa shape index (κ3) is 3.33. The molecule has 1 fully saturated rings. The Bertz CT molecular complexity index is 588. The summed E-state index contributed by atoms with van der Waals surface area (Å²) >= 11 is 1.54. The van der Waals surface area contributed by atoms with Gasteiger partial charge >= 0.3 is 0 Å². The maximum Gasteiger partial charge on any atom is 0.228 e. The van der Waals surface area contributed by atoms with E-state index in [4.69, 9.17) is 4.42 Å². The van der Waals surface area contributed by atoms with E-state index in [1.165, 1.54) is 0 Å². The summed E-state index contributed by atoms with van der Waals surface area (Å²) in [6, 6.07) is 2.23. The van der Waals surface area contributed by atoms with Crippen molar-refractivity contribution in [2.45, 2.75) is 25.3 Å². The van der Waals surface area contributed by atoms with E-state index in [-0.39, 0.29) is 5.91 Å². The van der Waals surface area contributed by atoms with E-state index >= 15 is 0 Å². The maximum atomic E-state index is 12.4. The van der Waals surface area contributed by atoms with Gasteiger partial charge < -0.3 is 14.6 Å². The van der Waals surface area contributed by atoms with Crippen LogP contribution >= 0.6 is 11.3 Å². The van der Waals surface area contributed by atoms with Gasteiger partial charge in [-0.15, -0.1) is 11.3 Å². The molecule has 21 heavy (non-hydrogen) atoms. The van der Waals surface area contributed by atoms with Crippen molar-refractivity contribution < 1.29 is 9.21 Å². The van der Waals surface area contributed by atoms with Crippen molar-refractivity contribution in [2.24, 2.45) is 0 Å². The molecule has 0 radical (unpaired) electrons. The highest BCUT2D eigenvalue weighted by molar-refractivity contribution is 7.13. The number of likely N-dealkylation sites (N-methyl/N-ethyl adjacent to an activating group) is 1. The van der Waals surface area contributed by atoms with Crippen molar-refractivity contribution in [1.82, 2.24) is 15.2 Å². The quantitative estimate of drug-likeness (QED) is 0.940. The second kappa shape index (κ2) is 6.41. The number of hydrogen-bond donors (Lipinski definition) is 1. The van der Waals surface area contributed by atoms with Crippen LogP contribution in [0.2, 0.25) is 0 Å². The van der Waals surface area contributed by atoms with E-state index in [0.717, 1.165) is 42.2 Å². The van der Waals surface area contributed by atoms with Crippen molar-refractivity contribution in [2.75, 3.05) is 20.1 Å². The molecule has 0 spiro atoms. The summed E-state index contributed by atoms with van der Waals surface area (Å²) in [6.07, 6.45) is 5.73. The molecule has 0 unspecified atom stereocenters. The average molecular weight is 305 g/mol. The van der Waals surface area contributed by atoms with E-state index in [0.29, 0.717) is 12.5 Å². The SMILES string of the molecule is CN(C(=O)Cc1csc(-c2ccoc2)n1)C1CCNCC1. The summed E-state index contributed by atoms with van der Waals surface area (Å²) in [4.78, 5) is 18.8. The van der Waals surface area contributed by atoms with Crippen molar-refractivity contribution in [3.05, 3.63) is 29.7 Å². The number of rotatable bonds is 4. The van der Waals surface area contributed by atoms with Gasteiger partial charge in [-0.25, -0.2) is 4.98 Å². The van der Waals surface area contributed by atoms with E-state index < -0.39 is 0 Å². The minimum atomic E-state index is 0.144. The van der Waals surface area contributed by atoms with Crippen LogP contribution in [-0.2, 0) is 11.2 Å². The molecule has 0 aromatic carbocycles. The molecule has 2 aromatic rings. The van der Waals surface area contributed by atoms with Crippen LogP contribution in [0.15, 0.2) is 28.4 Å². The van der Waals surface area contributed by atoms with Crippen molar-refractivity contribution in [3.63, 3.8) is 0 Å². The summed E-state index contributed by atoms with van der Waals surface area (Å²) in [5.41, 5.74) is 1.80. The molecule has 3 heterocycles. The highest BCUT2D eigenvalue weighted by Gasteiger charge is 2.22. The van der Waals surface area contributed by atoms with Gasteiger partial charge in [0.2, 0.25) is 5.91 Å². The minimum absolute atomic E-state index is 0.144. The molecule has 1 N–H and O–H groups in total. The summed E-state index contributed by atoms with van der Waals surface area (Å²) in [7, 11) is 1.90. The zero-order valence-electron chi connectivity index (χ0n) is 12.0. The second-order valence-corrected chi connectivity index (χ2v) is 6.18. The number of hydrogen-bond acceptors (Lipinski definition) is 5. The number of nitrogens with zero attached hydrogens (tertiary/aromatic N) is 2. The van der Waals surface area contributed by atoms with Crippen LogP contribution in [0.4, 0.5) is 0 Å². The van der Waals surface area contributed by atoms with Crippen molar-refractivity contribution in [3.8, 4) is 10.6 Å². The van der Waals surface area contributed by atoms with E-state index in [1.54, 1.807) is 23.9 Å². The van der Waals surface area contributed by atoms with Crippen molar-refractivity contribution in [1.29, 1.82) is 0 Å². The molecular formula is C15H19N3O2S. The fraction of sp³-hybridized carbons (Fsp3) is 0.467. The first-order chi connectivity index (χ1) is 10.2. The molecule has 2 aromatic heterocycles. The standard InChI is InChI=1S/C15H19N3O2S/c1-18(13-2-5-16-6-3-13)14(19)8-12-10-21-15(17-12)11-4-7-20-9-11/h4,7,9-10,13,16H,2-3,5-6,8H2,1H3. The Balaban J connectivity index is 1.62. The number of furan rings is 1. The monoisotopic (exact) mass is 305 g/mol. The Morgan fingerprint density at radius 3 is 3.05 bits per heavy atom. The lowest BCUT2D eigenvalue weighted by Crippen LogP contribution is -2.44. The van der Waals surface area contributed by atoms with E-state index in [1.807, 2.05) is 23.4 Å². The van der Waals surface area contributed by atoms with Gasteiger partial charge in [0.05, 0.1) is 18.4 Å². The highest BCUT2D eigenvalue weighted by atomic mass is 32.1.